The molecule has 0 fully saturated rings. The van der Waals surface area contributed by atoms with Crippen molar-refractivity contribution in [3.63, 3.8) is 0 Å². The smallest absolute Gasteiger partial charge is 0.227 e. The molecule has 2 rings (SSSR count). The molecule has 0 aromatic carbocycles. The van der Waals surface area contributed by atoms with Crippen LogP contribution in [0.15, 0.2) is 23.0 Å². The van der Waals surface area contributed by atoms with Crippen LogP contribution in [0.3, 0.4) is 0 Å². The third kappa shape index (κ3) is 2.25. The summed E-state index contributed by atoms with van der Waals surface area (Å²) in [5.74, 6) is 1.25. The van der Waals surface area contributed by atoms with E-state index >= 15 is 0 Å². The van der Waals surface area contributed by atoms with Gasteiger partial charge in [0.2, 0.25) is 11.7 Å². The van der Waals surface area contributed by atoms with Crippen LogP contribution in [0.2, 0.25) is 0 Å². The van der Waals surface area contributed by atoms with Crippen LogP contribution in [0, 0.1) is 6.92 Å². The van der Waals surface area contributed by atoms with Crippen molar-refractivity contribution in [1.29, 1.82) is 0 Å². The van der Waals surface area contributed by atoms with Gasteiger partial charge in [-0.3, -0.25) is 4.98 Å². The second kappa shape index (κ2) is 4.85. The Kier molecular flexibility index (Phi) is 3.26. The molecular weight excluding hydrogens is 204 g/mol. The van der Waals surface area contributed by atoms with Crippen LogP contribution in [0.25, 0.3) is 11.4 Å². The van der Waals surface area contributed by atoms with E-state index in [1.807, 2.05) is 13.0 Å². The maximum absolute atomic E-state index is 5.42. The van der Waals surface area contributed by atoms with E-state index in [0.717, 1.165) is 24.0 Å². The second-order valence-corrected chi connectivity index (χ2v) is 3.59. The van der Waals surface area contributed by atoms with Crippen LogP contribution in [0.5, 0.6) is 0 Å². The molecule has 16 heavy (non-hydrogen) atoms. The molecule has 0 bridgehead atoms. The predicted molar refractivity (Wildman–Crippen MR) is 59.6 cm³/mol. The molecule has 0 amide bonds. The first-order chi connectivity index (χ1) is 7.81. The zero-order valence-electron chi connectivity index (χ0n) is 9.18. The monoisotopic (exact) mass is 218 g/mol. The average Bonchev–Trinajstić information content (AvgIpc) is 2.75. The second-order valence-electron chi connectivity index (χ2n) is 3.59. The van der Waals surface area contributed by atoms with Crippen molar-refractivity contribution < 1.29 is 4.52 Å². The highest BCUT2D eigenvalue weighted by atomic mass is 16.5. The Morgan fingerprint density at radius 3 is 3.06 bits per heavy atom. The fourth-order valence-electron chi connectivity index (χ4n) is 1.44. The highest BCUT2D eigenvalue weighted by Gasteiger charge is 2.09. The van der Waals surface area contributed by atoms with E-state index in [9.17, 15) is 0 Å². The Labute approximate surface area is 93.7 Å². The quantitative estimate of drug-likeness (QED) is 0.837. The molecule has 0 saturated heterocycles. The minimum atomic E-state index is 0.618. The van der Waals surface area contributed by atoms with Gasteiger partial charge in [-0.25, -0.2) is 0 Å². The Morgan fingerprint density at radius 1 is 1.44 bits per heavy atom. The van der Waals surface area contributed by atoms with E-state index in [1.165, 1.54) is 0 Å². The third-order valence-electron chi connectivity index (χ3n) is 2.32. The van der Waals surface area contributed by atoms with Gasteiger partial charge in [-0.1, -0.05) is 5.16 Å². The standard InChI is InChI=1S/C11H14N4O/c1-8-7-13-6-4-9(8)11-14-10(16-15-11)3-2-5-12/h4,6-7H,2-3,5,12H2,1H3. The topological polar surface area (TPSA) is 77.8 Å². The molecule has 0 unspecified atom stereocenters. The highest BCUT2D eigenvalue weighted by Crippen LogP contribution is 2.18. The molecule has 2 aromatic heterocycles. The summed E-state index contributed by atoms with van der Waals surface area (Å²) in [5.41, 5.74) is 7.41. The first-order valence-electron chi connectivity index (χ1n) is 5.25. The highest BCUT2D eigenvalue weighted by molar-refractivity contribution is 5.57. The maximum Gasteiger partial charge on any atom is 0.227 e. The predicted octanol–water partition coefficient (Wildman–Crippen LogP) is 1.33. The summed E-state index contributed by atoms with van der Waals surface area (Å²) in [7, 11) is 0. The number of nitrogens with zero attached hydrogens (tertiary/aromatic N) is 3. The molecule has 84 valence electrons. The van der Waals surface area contributed by atoms with Gasteiger partial charge in [0.1, 0.15) is 0 Å². The summed E-state index contributed by atoms with van der Waals surface area (Å²) in [6.45, 7) is 2.60. The number of rotatable bonds is 4. The lowest BCUT2D eigenvalue weighted by atomic mass is 10.1. The molecule has 2 N–H and O–H groups in total. The molecule has 0 aliphatic carbocycles. The van der Waals surface area contributed by atoms with E-state index in [1.54, 1.807) is 12.4 Å². The minimum absolute atomic E-state index is 0.618. The number of hydrogen-bond donors (Lipinski definition) is 1. The number of pyridine rings is 1. The number of aromatic nitrogens is 3. The first kappa shape index (κ1) is 10.8. The minimum Gasteiger partial charge on any atom is -0.339 e. The van der Waals surface area contributed by atoms with Gasteiger partial charge in [0.05, 0.1) is 0 Å². The summed E-state index contributed by atoms with van der Waals surface area (Å²) in [4.78, 5) is 8.34. The molecule has 0 spiro atoms. The normalized spacial score (nSPS) is 10.6. The maximum atomic E-state index is 5.42. The summed E-state index contributed by atoms with van der Waals surface area (Å²) < 4.78 is 5.14. The van der Waals surface area contributed by atoms with E-state index in [0.29, 0.717) is 18.3 Å². The molecule has 0 aliphatic rings. The number of aryl methyl sites for hydroxylation is 2. The van der Waals surface area contributed by atoms with E-state index in [-0.39, 0.29) is 0 Å². The van der Waals surface area contributed by atoms with E-state index in [4.69, 9.17) is 10.3 Å². The van der Waals surface area contributed by atoms with Crippen molar-refractivity contribution in [2.75, 3.05) is 6.54 Å². The van der Waals surface area contributed by atoms with Gasteiger partial charge < -0.3 is 10.3 Å². The molecule has 5 nitrogen and oxygen atoms in total. The lowest BCUT2D eigenvalue weighted by molar-refractivity contribution is 0.376. The zero-order chi connectivity index (χ0) is 11.4. The third-order valence-corrected chi connectivity index (χ3v) is 2.32. The lowest BCUT2D eigenvalue weighted by Gasteiger charge is -1.97. The lowest BCUT2D eigenvalue weighted by Crippen LogP contribution is -2.00. The van der Waals surface area contributed by atoms with Gasteiger partial charge in [0, 0.05) is 24.4 Å². The number of nitrogens with two attached hydrogens (primary N) is 1. The van der Waals surface area contributed by atoms with Gasteiger partial charge in [-0.2, -0.15) is 4.98 Å². The zero-order valence-corrected chi connectivity index (χ0v) is 9.18. The van der Waals surface area contributed by atoms with Crippen molar-refractivity contribution in [1.82, 2.24) is 15.1 Å². The summed E-state index contributed by atoms with van der Waals surface area (Å²) >= 11 is 0. The number of hydrogen-bond acceptors (Lipinski definition) is 5. The molecule has 0 aliphatic heterocycles. The average molecular weight is 218 g/mol. The molecular formula is C11H14N4O. The van der Waals surface area contributed by atoms with Crippen LogP contribution in [-0.4, -0.2) is 21.7 Å². The van der Waals surface area contributed by atoms with Crippen molar-refractivity contribution in [2.24, 2.45) is 5.73 Å². The van der Waals surface area contributed by atoms with E-state index in [2.05, 4.69) is 15.1 Å². The van der Waals surface area contributed by atoms with Crippen LogP contribution in [0.4, 0.5) is 0 Å². The van der Waals surface area contributed by atoms with Crippen LogP contribution in [0.1, 0.15) is 17.9 Å². The molecule has 2 aromatic rings. The van der Waals surface area contributed by atoms with Crippen molar-refractivity contribution in [3.8, 4) is 11.4 Å². The molecule has 0 saturated carbocycles. The largest absolute Gasteiger partial charge is 0.339 e. The van der Waals surface area contributed by atoms with Crippen LogP contribution >= 0.6 is 0 Å². The summed E-state index contributed by atoms with van der Waals surface area (Å²) in [5, 5.41) is 3.95. The fraction of sp³-hybridized carbons (Fsp3) is 0.364. The first-order valence-corrected chi connectivity index (χ1v) is 5.25. The van der Waals surface area contributed by atoms with E-state index < -0.39 is 0 Å². The molecule has 0 atom stereocenters. The van der Waals surface area contributed by atoms with Gasteiger partial charge in [-0.05, 0) is 31.5 Å². The molecule has 0 radical (unpaired) electrons. The Hall–Kier alpha value is -1.75. The van der Waals surface area contributed by atoms with Gasteiger partial charge in [0.25, 0.3) is 0 Å². The molecule has 2 heterocycles. The van der Waals surface area contributed by atoms with Crippen LogP contribution < -0.4 is 5.73 Å². The fourth-order valence-corrected chi connectivity index (χ4v) is 1.44. The van der Waals surface area contributed by atoms with Gasteiger partial charge in [0.15, 0.2) is 0 Å². The summed E-state index contributed by atoms with van der Waals surface area (Å²) in [6.07, 6.45) is 5.09. The summed E-state index contributed by atoms with van der Waals surface area (Å²) in [6, 6.07) is 1.88. The Morgan fingerprint density at radius 2 is 2.31 bits per heavy atom. The van der Waals surface area contributed by atoms with Crippen molar-refractivity contribution >= 4 is 0 Å². The SMILES string of the molecule is Cc1cnccc1-c1noc(CCCN)n1. The van der Waals surface area contributed by atoms with Crippen molar-refractivity contribution in [3.05, 3.63) is 29.9 Å². The van der Waals surface area contributed by atoms with Crippen LogP contribution in [-0.2, 0) is 6.42 Å². The van der Waals surface area contributed by atoms with Gasteiger partial charge >= 0.3 is 0 Å². The van der Waals surface area contributed by atoms with Gasteiger partial charge in [-0.15, -0.1) is 0 Å². The van der Waals surface area contributed by atoms with Crippen molar-refractivity contribution in [2.45, 2.75) is 19.8 Å². The Bertz CT molecular complexity index is 467. The Balaban J connectivity index is 2.22. The molecule has 5 heteroatoms.